The zero-order valence-corrected chi connectivity index (χ0v) is 15.3. The maximum absolute atomic E-state index is 12.7. The third-order valence-corrected chi connectivity index (χ3v) is 5.24. The number of carbonyl (C=O) groups excluding carboxylic acids is 1. The molecule has 0 aliphatic rings. The van der Waals surface area contributed by atoms with Crippen molar-refractivity contribution >= 4 is 15.9 Å². The van der Waals surface area contributed by atoms with E-state index in [-0.39, 0.29) is 16.8 Å². The van der Waals surface area contributed by atoms with Gasteiger partial charge >= 0.3 is 0 Å². The standard InChI is InChI=1S/C16H22N4O3S/c1-10-15(12(3)20(5)18-10)11(2)19(4)16(21)13-6-8-14(9-7-13)24(17,22)23/h6-9,11H,1-5H3,(H2,17,22,23). The molecule has 1 aromatic carbocycles. The summed E-state index contributed by atoms with van der Waals surface area (Å²) in [5.74, 6) is -0.203. The van der Waals surface area contributed by atoms with Crippen LogP contribution in [-0.4, -0.2) is 36.1 Å². The Morgan fingerprint density at radius 2 is 1.79 bits per heavy atom. The monoisotopic (exact) mass is 350 g/mol. The number of hydrogen-bond acceptors (Lipinski definition) is 4. The summed E-state index contributed by atoms with van der Waals surface area (Å²) in [5.41, 5.74) is 3.29. The van der Waals surface area contributed by atoms with Gasteiger partial charge < -0.3 is 4.90 Å². The number of hydrogen-bond donors (Lipinski definition) is 1. The van der Waals surface area contributed by atoms with E-state index in [1.54, 1.807) is 16.6 Å². The van der Waals surface area contributed by atoms with Crippen molar-refractivity contribution in [1.29, 1.82) is 0 Å². The second-order valence-electron chi connectivity index (χ2n) is 5.87. The lowest BCUT2D eigenvalue weighted by atomic mass is 10.0. The lowest BCUT2D eigenvalue weighted by Crippen LogP contribution is -2.30. The summed E-state index contributed by atoms with van der Waals surface area (Å²) >= 11 is 0. The molecule has 0 spiro atoms. The van der Waals surface area contributed by atoms with Crippen LogP contribution < -0.4 is 5.14 Å². The molecule has 1 aromatic heterocycles. The summed E-state index contributed by atoms with van der Waals surface area (Å²) in [7, 11) is -0.187. The molecule has 1 heterocycles. The molecule has 0 saturated carbocycles. The normalized spacial score (nSPS) is 12.9. The van der Waals surface area contributed by atoms with E-state index in [0.29, 0.717) is 5.56 Å². The van der Waals surface area contributed by atoms with Crippen LogP contribution in [0.5, 0.6) is 0 Å². The first-order chi connectivity index (χ1) is 11.0. The van der Waals surface area contributed by atoms with Gasteiger partial charge in [-0.05, 0) is 45.0 Å². The lowest BCUT2D eigenvalue weighted by Gasteiger charge is -2.25. The number of rotatable bonds is 4. The van der Waals surface area contributed by atoms with E-state index in [2.05, 4.69) is 5.10 Å². The van der Waals surface area contributed by atoms with Crippen LogP contribution in [0.2, 0.25) is 0 Å². The van der Waals surface area contributed by atoms with Crippen molar-refractivity contribution in [3.05, 3.63) is 46.8 Å². The Kier molecular flexibility index (Phi) is 4.82. The summed E-state index contributed by atoms with van der Waals surface area (Å²) in [6, 6.07) is 5.44. The first-order valence-electron chi connectivity index (χ1n) is 7.44. The fraction of sp³-hybridized carbons (Fsp3) is 0.375. The van der Waals surface area contributed by atoms with Gasteiger partial charge in [0.25, 0.3) is 5.91 Å². The molecule has 1 atom stereocenters. The van der Waals surface area contributed by atoms with Crippen molar-refractivity contribution in [2.24, 2.45) is 12.2 Å². The summed E-state index contributed by atoms with van der Waals surface area (Å²) in [6.07, 6.45) is 0. The van der Waals surface area contributed by atoms with E-state index in [4.69, 9.17) is 5.14 Å². The number of benzene rings is 1. The van der Waals surface area contributed by atoms with Crippen LogP contribution in [0.1, 0.15) is 40.3 Å². The van der Waals surface area contributed by atoms with Gasteiger partial charge in [-0.2, -0.15) is 5.10 Å². The SMILES string of the molecule is Cc1nn(C)c(C)c1C(C)N(C)C(=O)c1ccc(S(N)(=O)=O)cc1. The maximum atomic E-state index is 12.7. The Balaban J connectivity index is 2.29. The van der Waals surface area contributed by atoms with Crippen LogP contribution in [0.4, 0.5) is 0 Å². The Hall–Kier alpha value is -2.19. The number of nitrogens with two attached hydrogens (primary N) is 1. The maximum Gasteiger partial charge on any atom is 0.254 e. The second-order valence-corrected chi connectivity index (χ2v) is 7.43. The van der Waals surface area contributed by atoms with Gasteiger partial charge in [-0.1, -0.05) is 0 Å². The van der Waals surface area contributed by atoms with E-state index < -0.39 is 10.0 Å². The molecule has 0 aliphatic heterocycles. The van der Waals surface area contributed by atoms with Gasteiger partial charge in [-0.15, -0.1) is 0 Å². The van der Waals surface area contributed by atoms with Crippen molar-refractivity contribution < 1.29 is 13.2 Å². The molecule has 1 amide bonds. The van der Waals surface area contributed by atoms with Crippen molar-refractivity contribution in [1.82, 2.24) is 14.7 Å². The first-order valence-corrected chi connectivity index (χ1v) is 8.98. The quantitative estimate of drug-likeness (QED) is 0.904. The van der Waals surface area contributed by atoms with Gasteiger partial charge in [0, 0.05) is 30.9 Å². The number of carbonyl (C=O) groups is 1. The summed E-state index contributed by atoms with van der Waals surface area (Å²) < 4.78 is 24.4. The molecule has 0 radical (unpaired) electrons. The number of aryl methyl sites for hydroxylation is 2. The van der Waals surface area contributed by atoms with E-state index >= 15 is 0 Å². The molecule has 8 heteroatoms. The number of primary sulfonamides is 1. The Morgan fingerprint density at radius 3 is 2.21 bits per heavy atom. The molecule has 1 unspecified atom stereocenters. The van der Waals surface area contributed by atoms with Crippen molar-refractivity contribution in [3.8, 4) is 0 Å². The second kappa shape index (κ2) is 6.37. The largest absolute Gasteiger partial charge is 0.335 e. The van der Waals surface area contributed by atoms with Crippen molar-refractivity contribution in [2.45, 2.75) is 31.7 Å². The fourth-order valence-electron chi connectivity index (χ4n) is 2.75. The fourth-order valence-corrected chi connectivity index (χ4v) is 3.27. The number of sulfonamides is 1. The minimum atomic E-state index is -3.77. The van der Waals surface area contributed by atoms with Crippen LogP contribution >= 0.6 is 0 Å². The van der Waals surface area contributed by atoms with Gasteiger partial charge in [0.15, 0.2) is 0 Å². The molecule has 0 saturated heterocycles. The topological polar surface area (TPSA) is 98.3 Å². The highest BCUT2D eigenvalue weighted by atomic mass is 32.2. The third kappa shape index (κ3) is 3.34. The average molecular weight is 350 g/mol. The van der Waals surface area contributed by atoms with Crippen LogP contribution in [0.25, 0.3) is 0 Å². The highest BCUT2D eigenvalue weighted by molar-refractivity contribution is 7.89. The van der Waals surface area contributed by atoms with Gasteiger partial charge in [0.05, 0.1) is 16.6 Å². The molecule has 7 nitrogen and oxygen atoms in total. The summed E-state index contributed by atoms with van der Waals surface area (Å²) in [6.45, 7) is 5.82. The zero-order valence-electron chi connectivity index (χ0n) is 14.4. The molecule has 0 aliphatic carbocycles. The van der Waals surface area contributed by atoms with Crippen LogP contribution in [0.3, 0.4) is 0 Å². The number of nitrogens with zero attached hydrogens (tertiary/aromatic N) is 3. The van der Waals surface area contributed by atoms with Gasteiger partial charge in [-0.25, -0.2) is 13.6 Å². The predicted molar refractivity (Wildman–Crippen MR) is 91.0 cm³/mol. The highest BCUT2D eigenvalue weighted by Gasteiger charge is 2.24. The Bertz CT molecular complexity index is 869. The molecule has 0 fully saturated rings. The van der Waals surface area contributed by atoms with Gasteiger partial charge in [0.1, 0.15) is 0 Å². The third-order valence-electron chi connectivity index (χ3n) is 4.31. The highest BCUT2D eigenvalue weighted by Crippen LogP contribution is 2.26. The molecule has 130 valence electrons. The minimum Gasteiger partial charge on any atom is -0.335 e. The molecular formula is C16H22N4O3S. The van der Waals surface area contributed by atoms with Crippen molar-refractivity contribution in [3.63, 3.8) is 0 Å². The Labute approximate surface area is 142 Å². The van der Waals surface area contributed by atoms with E-state index in [1.165, 1.54) is 24.3 Å². The van der Waals surface area contributed by atoms with Crippen molar-refractivity contribution in [2.75, 3.05) is 7.05 Å². The summed E-state index contributed by atoms with van der Waals surface area (Å²) in [4.78, 5) is 14.3. The lowest BCUT2D eigenvalue weighted by molar-refractivity contribution is 0.0742. The number of aromatic nitrogens is 2. The van der Waals surface area contributed by atoms with E-state index in [1.807, 2.05) is 27.8 Å². The molecular weight excluding hydrogens is 328 g/mol. The number of amides is 1. The van der Waals surface area contributed by atoms with Crippen LogP contribution in [0, 0.1) is 13.8 Å². The molecule has 0 bridgehead atoms. The summed E-state index contributed by atoms with van der Waals surface area (Å²) in [5, 5.41) is 9.45. The predicted octanol–water partition coefficient (Wildman–Crippen LogP) is 1.52. The molecule has 2 aromatic rings. The molecule has 2 N–H and O–H groups in total. The van der Waals surface area contributed by atoms with Crippen LogP contribution in [0.15, 0.2) is 29.2 Å². The molecule has 2 rings (SSSR count). The zero-order chi connectivity index (χ0) is 18.2. The molecule has 24 heavy (non-hydrogen) atoms. The van der Waals surface area contributed by atoms with E-state index in [0.717, 1.165) is 17.0 Å². The first kappa shape index (κ1) is 18.2. The van der Waals surface area contributed by atoms with Gasteiger partial charge in [-0.3, -0.25) is 9.48 Å². The van der Waals surface area contributed by atoms with E-state index in [9.17, 15) is 13.2 Å². The average Bonchev–Trinajstić information content (AvgIpc) is 2.77. The van der Waals surface area contributed by atoms with Crippen LogP contribution in [-0.2, 0) is 17.1 Å². The Morgan fingerprint density at radius 1 is 1.25 bits per heavy atom. The van der Waals surface area contributed by atoms with Gasteiger partial charge in [0.2, 0.25) is 10.0 Å². The minimum absolute atomic E-state index is 0.0197. The smallest absolute Gasteiger partial charge is 0.254 e.